The highest BCUT2D eigenvalue weighted by atomic mass is 19.1. The molecule has 5 aromatic rings. The molecule has 0 fully saturated rings. The molecule has 0 radical (unpaired) electrons. The average Bonchev–Trinajstić information content (AvgIpc) is 2.78. The molecule has 0 N–H and O–H groups in total. The highest BCUT2D eigenvalue weighted by Crippen LogP contribution is 2.46. The summed E-state index contributed by atoms with van der Waals surface area (Å²) >= 11 is 0. The molecule has 5 rings (SSSR count). The molecule has 0 unspecified atom stereocenters. The number of benzene rings is 5. The molecule has 0 heterocycles. The van der Waals surface area contributed by atoms with Crippen molar-refractivity contribution in [3.63, 3.8) is 0 Å². The van der Waals surface area contributed by atoms with Gasteiger partial charge in [-0.25, -0.2) is 22.0 Å². The van der Waals surface area contributed by atoms with Crippen molar-refractivity contribution in [1.82, 2.24) is 0 Å². The van der Waals surface area contributed by atoms with Crippen LogP contribution in [0.2, 0.25) is 0 Å². The zero-order chi connectivity index (χ0) is 23.3. The lowest BCUT2D eigenvalue weighted by Crippen LogP contribution is -1.98. The lowest BCUT2D eigenvalue weighted by molar-refractivity contribution is 0.407. The van der Waals surface area contributed by atoms with Crippen LogP contribution < -0.4 is 4.74 Å². The fourth-order valence-corrected chi connectivity index (χ4v) is 4.31. The summed E-state index contributed by atoms with van der Waals surface area (Å²) in [4.78, 5) is 0. The molecule has 0 aromatic heterocycles. The first-order valence-corrected chi connectivity index (χ1v) is 10.0. The Bertz CT molecular complexity index is 1540. The van der Waals surface area contributed by atoms with E-state index >= 15 is 8.78 Å². The van der Waals surface area contributed by atoms with E-state index in [1.165, 1.54) is 31.4 Å². The van der Waals surface area contributed by atoms with E-state index < -0.39 is 29.1 Å². The maximum absolute atomic E-state index is 15.2. The summed E-state index contributed by atoms with van der Waals surface area (Å²) in [6.45, 7) is 0. The molecule has 0 aliphatic carbocycles. The van der Waals surface area contributed by atoms with Crippen LogP contribution in [0.3, 0.4) is 0 Å². The van der Waals surface area contributed by atoms with Crippen LogP contribution in [0.5, 0.6) is 5.75 Å². The summed E-state index contributed by atoms with van der Waals surface area (Å²) in [6.07, 6.45) is 0. The maximum Gasteiger partial charge on any atom is 0.137 e. The van der Waals surface area contributed by atoms with Crippen LogP contribution in [0.15, 0.2) is 72.8 Å². The zero-order valence-corrected chi connectivity index (χ0v) is 17.2. The zero-order valence-electron chi connectivity index (χ0n) is 17.2. The minimum atomic E-state index is -0.858. The van der Waals surface area contributed by atoms with Crippen molar-refractivity contribution < 1.29 is 26.7 Å². The number of rotatable bonds is 3. The van der Waals surface area contributed by atoms with Crippen LogP contribution >= 0.6 is 0 Å². The predicted molar refractivity (Wildman–Crippen MR) is 119 cm³/mol. The van der Waals surface area contributed by atoms with Crippen molar-refractivity contribution in [2.45, 2.75) is 0 Å². The summed E-state index contributed by atoms with van der Waals surface area (Å²) < 4.78 is 78.1. The van der Waals surface area contributed by atoms with Gasteiger partial charge < -0.3 is 4.74 Å². The summed E-state index contributed by atoms with van der Waals surface area (Å²) in [7, 11) is 1.30. The molecule has 5 aromatic carbocycles. The first-order chi connectivity index (χ1) is 15.9. The second-order valence-electron chi connectivity index (χ2n) is 7.58. The summed E-state index contributed by atoms with van der Waals surface area (Å²) in [5.74, 6) is -3.90. The second kappa shape index (κ2) is 7.89. The molecule has 0 aliphatic rings. The first kappa shape index (κ1) is 20.9. The second-order valence-corrected chi connectivity index (χ2v) is 7.58. The lowest BCUT2D eigenvalue weighted by atomic mass is 9.85. The Kier molecular flexibility index (Phi) is 5.01. The largest absolute Gasteiger partial charge is 0.497 e. The Hall–Kier alpha value is -3.93. The van der Waals surface area contributed by atoms with Gasteiger partial charge in [-0.05, 0) is 45.8 Å². The van der Waals surface area contributed by atoms with E-state index in [0.29, 0.717) is 21.7 Å². The molecule has 0 saturated carbocycles. The predicted octanol–water partition coefficient (Wildman–Crippen LogP) is 8.03. The maximum atomic E-state index is 15.2. The van der Waals surface area contributed by atoms with Crippen LogP contribution in [0.25, 0.3) is 43.8 Å². The van der Waals surface area contributed by atoms with Crippen LogP contribution in [0.4, 0.5) is 22.0 Å². The molecule has 0 bridgehead atoms. The van der Waals surface area contributed by atoms with E-state index in [-0.39, 0.29) is 27.8 Å². The highest BCUT2D eigenvalue weighted by Gasteiger charge is 2.23. The van der Waals surface area contributed by atoms with Gasteiger partial charge in [0.2, 0.25) is 0 Å². The van der Waals surface area contributed by atoms with E-state index in [0.717, 1.165) is 24.3 Å². The van der Waals surface area contributed by atoms with E-state index in [1.54, 1.807) is 24.3 Å². The molecular formula is C27H15F5O. The minimum Gasteiger partial charge on any atom is -0.497 e. The van der Waals surface area contributed by atoms with Gasteiger partial charge in [-0.1, -0.05) is 30.3 Å². The molecule has 0 aliphatic heterocycles. The van der Waals surface area contributed by atoms with Crippen LogP contribution in [-0.4, -0.2) is 7.11 Å². The van der Waals surface area contributed by atoms with E-state index in [1.807, 2.05) is 0 Å². The van der Waals surface area contributed by atoms with E-state index in [9.17, 15) is 13.2 Å². The van der Waals surface area contributed by atoms with Crippen molar-refractivity contribution >= 4 is 21.5 Å². The average molecular weight is 450 g/mol. The van der Waals surface area contributed by atoms with E-state index in [2.05, 4.69) is 0 Å². The Morgan fingerprint density at radius 2 is 1.09 bits per heavy atom. The Labute approximate surface area is 185 Å². The quantitative estimate of drug-likeness (QED) is 0.200. The van der Waals surface area contributed by atoms with Crippen molar-refractivity contribution in [1.29, 1.82) is 0 Å². The third kappa shape index (κ3) is 3.39. The number of hydrogen-bond donors (Lipinski definition) is 0. The SMILES string of the molecule is COc1cc(F)c(-c2c3ccccc3c(-c3ccc(F)cc3F)c3cc(F)ccc23)c(F)c1. The Balaban J connectivity index is 2.01. The van der Waals surface area contributed by atoms with Gasteiger partial charge in [0.15, 0.2) is 0 Å². The molecule has 0 amide bonds. The molecule has 33 heavy (non-hydrogen) atoms. The minimum absolute atomic E-state index is 0.0124. The van der Waals surface area contributed by atoms with Crippen molar-refractivity contribution in [2.24, 2.45) is 0 Å². The van der Waals surface area contributed by atoms with Gasteiger partial charge in [-0.15, -0.1) is 0 Å². The first-order valence-electron chi connectivity index (χ1n) is 10.0. The van der Waals surface area contributed by atoms with Gasteiger partial charge in [0, 0.05) is 34.9 Å². The number of ether oxygens (including phenoxy) is 1. The van der Waals surface area contributed by atoms with Gasteiger partial charge in [0.05, 0.1) is 12.7 Å². The molecule has 164 valence electrons. The van der Waals surface area contributed by atoms with Crippen LogP contribution in [0.1, 0.15) is 0 Å². The van der Waals surface area contributed by atoms with Crippen LogP contribution in [0, 0.1) is 29.1 Å². The summed E-state index contributed by atoms with van der Waals surface area (Å²) in [6, 6.07) is 15.7. The molecule has 0 spiro atoms. The molecular weight excluding hydrogens is 435 g/mol. The highest BCUT2D eigenvalue weighted by molar-refractivity contribution is 6.21. The van der Waals surface area contributed by atoms with Crippen molar-refractivity contribution in [2.75, 3.05) is 7.11 Å². The molecule has 6 heteroatoms. The number of hydrogen-bond acceptors (Lipinski definition) is 1. The Morgan fingerprint density at radius 3 is 1.73 bits per heavy atom. The summed E-state index contributed by atoms with van der Waals surface area (Å²) in [5, 5.41) is 1.42. The standard InChI is InChI=1S/C27H15F5O/c1-33-16-12-23(31)27(24(32)13-16)26-18-5-3-2-4-17(18)25(20-9-7-15(29)11-22(20)30)21-10-14(28)6-8-19(21)26/h2-13H,1H3. The van der Waals surface area contributed by atoms with Gasteiger partial charge >= 0.3 is 0 Å². The third-order valence-electron chi connectivity index (χ3n) is 5.69. The Morgan fingerprint density at radius 1 is 0.515 bits per heavy atom. The summed E-state index contributed by atoms with van der Waals surface area (Å²) in [5.41, 5.74) is 0.236. The van der Waals surface area contributed by atoms with Crippen molar-refractivity contribution in [3.8, 4) is 28.0 Å². The topological polar surface area (TPSA) is 9.23 Å². The number of halogens is 5. The fraction of sp³-hybridized carbons (Fsp3) is 0.0370. The molecule has 0 atom stereocenters. The van der Waals surface area contributed by atoms with E-state index in [4.69, 9.17) is 4.74 Å². The monoisotopic (exact) mass is 450 g/mol. The van der Waals surface area contributed by atoms with Gasteiger partial charge in [-0.2, -0.15) is 0 Å². The number of fused-ring (bicyclic) bond motifs is 2. The molecule has 1 nitrogen and oxygen atoms in total. The van der Waals surface area contributed by atoms with Crippen molar-refractivity contribution in [3.05, 3.63) is 102 Å². The molecule has 0 saturated heterocycles. The third-order valence-corrected chi connectivity index (χ3v) is 5.69. The fourth-order valence-electron chi connectivity index (χ4n) is 4.31. The number of methoxy groups -OCH3 is 1. The normalized spacial score (nSPS) is 11.3. The van der Waals surface area contributed by atoms with Gasteiger partial charge in [0.1, 0.15) is 34.8 Å². The van der Waals surface area contributed by atoms with Crippen LogP contribution in [-0.2, 0) is 0 Å². The van der Waals surface area contributed by atoms with Gasteiger partial charge in [-0.3, -0.25) is 0 Å². The van der Waals surface area contributed by atoms with Gasteiger partial charge in [0.25, 0.3) is 0 Å². The smallest absolute Gasteiger partial charge is 0.137 e. The lowest BCUT2D eigenvalue weighted by Gasteiger charge is -2.19.